The summed E-state index contributed by atoms with van der Waals surface area (Å²) in [6, 6.07) is 9.08. The largest absolute Gasteiger partial charge is 0.497 e. The van der Waals surface area contributed by atoms with Gasteiger partial charge in [0.25, 0.3) is 33.6 Å². The molecule has 3 aromatic carbocycles. The van der Waals surface area contributed by atoms with Crippen LogP contribution in [-0.2, 0) is 0 Å². The monoisotopic (exact) mass is 518 g/mol. The number of benzene rings is 3. The van der Waals surface area contributed by atoms with Gasteiger partial charge in [0.05, 0.1) is 45.6 Å². The van der Waals surface area contributed by atoms with E-state index < -0.39 is 43.5 Å². The molecular weight excluding hydrogens is 504 g/mol. The van der Waals surface area contributed by atoms with E-state index in [1.54, 1.807) is 0 Å². The maximum atomic E-state index is 13.3. The van der Waals surface area contributed by atoms with Gasteiger partial charge in [-0.1, -0.05) is 0 Å². The fraction of sp³-hybridized carbons (Fsp3) is 0.0833. The van der Waals surface area contributed by atoms with Crippen LogP contribution in [0.5, 0.6) is 11.5 Å². The first-order valence-corrected chi connectivity index (χ1v) is 10.7. The minimum atomic E-state index is -0.963. The Kier molecular flexibility index (Phi) is 5.37. The van der Waals surface area contributed by atoms with Crippen LogP contribution in [0.1, 0.15) is 0 Å². The molecule has 5 rings (SSSR count). The third-order valence-electron chi connectivity index (χ3n) is 6.13. The van der Waals surface area contributed by atoms with Gasteiger partial charge in [-0.25, -0.2) is 9.13 Å². The Hall–Kier alpha value is -5.66. The van der Waals surface area contributed by atoms with Crippen LogP contribution in [0, 0.1) is 20.2 Å². The average molecular weight is 518 g/mol. The Morgan fingerprint density at radius 2 is 0.895 bits per heavy atom. The number of hydrogen-bond donors (Lipinski definition) is 0. The second kappa shape index (κ2) is 8.48. The molecule has 0 N–H and O–H groups in total. The molecule has 0 saturated heterocycles. The number of nitro benzene ring substituents is 2. The normalized spacial score (nSPS) is 11.2. The molecule has 0 atom stereocenters. The Morgan fingerprint density at radius 3 is 1.16 bits per heavy atom. The van der Waals surface area contributed by atoms with Crippen LogP contribution in [0.25, 0.3) is 32.9 Å². The van der Waals surface area contributed by atoms with Crippen molar-refractivity contribution in [3.8, 4) is 22.9 Å². The van der Waals surface area contributed by atoms with Crippen LogP contribution in [0.15, 0.2) is 67.7 Å². The van der Waals surface area contributed by atoms with E-state index in [2.05, 4.69) is 0 Å². The molecule has 38 heavy (non-hydrogen) atoms. The van der Waals surface area contributed by atoms with E-state index in [1.165, 1.54) is 26.4 Å². The molecule has 0 radical (unpaired) electrons. The molecular formula is C24H14N4O10. The molecule has 2 heterocycles. The zero-order valence-corrected chi connectivity index (χ0v) is 19.5. The molecule has 0 fully saturated rings. The molecule has 14 heteroatoms. The van der Waals surface area contributed by atoms with Crippen LogP contribution in [0.4, 0.5) is 11.4 Å². The van der Waals surface area contributed by atoms with E-state index in [-0.39, 0.29) is 44.4 Å². The first kappa shape index (κ1) is 24.1. The van der Waals surface area contributed by atoms with Gasteiger partial charge in [0.1, 0.15) is 22.9 Å². The van der Waals surface area contributed by atoms with Crippen molar-refractivity contribution in [2.45, 2.75) is 0 Å². The number of nitrogens with zero attached hydrogens (tertiary/aromatic N) is 4. The lowest BCUT2D eigenvalue weighted by molar-refractivity contribution is -0.384. The van der Waals surface area contributed by atoms with Gasteiger partial charge < -0.3 is 9.47 Å². The Morgan fingerprint density at radius 1 is 0.579 bits per heavy atom. The molecule has 0 aliphatic carbocycles. The average Bonchev–Trinajstić information content (AvgIpc) is 3.30. The van der Waals surface area contributed by atoms with Crippen molar-refractivity contribution in [2.75, 3.05) is 14.2 Å². The van der Waals surface area contributed by atoms with Crippen molar-refractivity contribution < 1.29 is 19.3 Å². The number of ether oxygens (including phenoxy) is 2. The van der Waals surface area contributed by atoms with Crippen LogP contribution in [0.3, 0.4) is 0 Å². The highest BCUT2D eigenvalue weighted by molar-refractivity contribution is 5.98. The van der Waals surface area contributed by atoms with Crippen LogP contribution >= 0.6 is 0 Å². The third kappa shape index (κ3) is 3.35. The fourth-order valence-corrected chi connectivity index (χ4v) is 4.34. The predicted octanol–water partition coefficient (Wildman–Crippen LogP) is 1.72. The fourth-order valence-electron chi connectivity index (χ4n) is 4.34. The SMILES string of the molecule is COc1ccc([N+](=O)[O-])c(-n2c(=O)c3cc4c(=O)n(-c5cc(OC)ccc5[N+](=O)[O-])c(=O)c4cc3c2=O)c1. The summed E-state index contributed by atoms with van der Waals surface area (Å²) in [7, 11) is 2.60. The van der Waals surface area contributed by atoms with Gasteiger partial charge >= 0.3 is 0 Å². The summed E-state index contributed by atoms with van der Waals surface area (Å²) in [6.45, 7) is 0. The molecule has 0 unspecified atom stereocenters. The van der Waals surface area contributed by atoms with Crippen LogP contribution in [-0.4, -0.2) is 33.2 Å². The highest BCUT2D eigenvalue weighted by Gasteiger charge is 2.27. The van der Waals surface area contributed by atoms with Gasteiger partial charge in [0, 0.05) is 24.3 Å². The first-order valence-electron chi connectivity index (χ1n) is 10.7. The van der Waals surface area contributed by atoms with Crippen molar-refractivity contribution in [3.05, 3.63) is 110 Å². The molecule has 0 aliphatic heterocycles. The lowest BCUT2D eigenvalue weighted by Gasteiger charge is -2.05. The Labute approximate surface area is 209 Å². The smallest absolute Gasteiger partial charge is 0.293 e. The quantitative estimate of drug-likeness (QED) is 0.237. The summed E-state index contributed by atoms with van der Waals surface area (Å²) in [5, 5.41) is 22.1. The minimum absolute atomic E-state index is 0.144. The van der Waals surface area contributed by atoms with Crippen molar-refractivity contribution in [1.29, 1.82) is 0 Å². The molecule has 14 nitrogen and oxygen atoms in total. The summed E-state index contributed by atoms with van der Waals surface area (Å²) < 4.78 is 11.3. The summed E-state index contributed by atoms with van der Waals surface area (Å²) in [5.74, 6) is 0.288. The molecule has 190 valence electrons. The molecule has 5 aromatic rings. The maximum Gasteiger partial charge on any atom is 0.293 e. The lowest BCUT2D eigenvalue weighted by atomic mass is 10.1. The number of hydrogen-bond acceptors (Lipinski definition) is 10. The number of fused-ring (bicyclic) bond motifs is 2. The van der Waals surface area contributed by atoms with Gasteiger partial charge in [-0.3, -0.25) is 39.4 Å². The molecule has 0 aliphatic rings. The van der Waals surface area contributed by atoms with E-state index in [4.69, 9.17) is 9.47 Å². The molecule has 0 spiro atoms. The molecule has 0 saturated carbocycles. The van der Waals surface area contributed by atoms with E-state index >= 15 is 0 Å². The topological polar surface area (TPSA) is 183 Å². The summed E-state index contributed by atoms with van der Waals surface area (Å²) >= 11 is 0. The van der Waals surface area contributed by atoms with Gasteiger partial charge in [-0.2, -0.15) is 0 Å². The van der Waals surface area contributed by atoms with E-state index in [0.717, 1.165) is 36.4 Å². The second-order valence-corrected chi connectivity index (χ2v) is 8.06. The summed E-state index contributed by atoms with van der Waals surface area (Å²) in [4.78, 5) is 74.7. The summed E-state index contributed by atoms with van der Waals surface area (Å²) in [5.41, 5.74) is -5.65. The van der Waals surface area contributed by atoms with Gasteiger partial charge in [-0.05, 0) is 24.3 Å². The van der Waals surface area contributed by atoms with Crippen molar-refractivity contribution in [3.63, 3.8) is 0 Å². The van der Waals surface area contributed by atoms with Gasteiger partial charge in [0.15, 0.2) is 0 Å². The molecule has 0 bridgehead atoms. The Bertz CT molecular complexity index is 1830. The van der Waals surface area contributed by atoms with Crippen LogP contribution in [0.2, 0.25) is 0 Å². The molecule has 0 amide bonds. The number of aromatic nitrogens is 2. The highest BCUT2D eigenvalue weighted by Crippen LogP contribution is 2.29. The first-order chi connectivity index (χ1) is 18.1. The van der Waals surface area contributed by atoms with Crippen molar-refractivity contribution in [2.24, 2.45) is 0 Å². The predicted molar refractivity (Wildman–Crippen MR) is 134 cm³/mol. The summed E-state index contributed by atoms with van der Waals surface area (Å²) in [6.07, 6.45) is 0. The number of methoxy groups -OCH3 is 2. The van der Waals surface area contributed by atoms with Crippen molar-refractivity contribution >= 4 is 32.9 Å². The van der Waals surface area contributed by atoms with E-state index in [0.29, 0.717) is 9.13 Å². The minimum Gasteiger partial charge on any atom is -0.497 e. The Balaban J connectivity index is 1.85. The third-order valence-corrected chi connectivity index (χ3v) is 6.13. The molecule has 2 aromatic heterocycles. The number of rotatable bonds is 6. The van der Waals surface area contributed by atoms with Crippen LogP contribution < -0.4 is 31.7 Å². The second-order valence-electron chi connectivity index (χ2n) is 8.06. The van der Waals surface area contributed by atoms with Gasteiger partial charge in [0.2, 0.25) is 0 Å². The van der Waals surface area contributed by atoms with Gasteiger partial charge in [-0.15, -0.1) is 0 Å². The zero-order chi connectivity index (χ0) is 27.5. The van der Waals surface area contributed by atoms with E-state index in [9.17, 15) is 39.4 Å². The maximum absolute atomic E-state index is 13.3. The van der Waals surface area contributed by atoms with E-state index in [1.807, 2.05) is 0 Å². The lowest BCUT2D eigenvalue weighted by Crippen LogP contribution is -2.25. The number of nitro groups is 2. The van der Waals surface area contributed by atoms with Crippen molar-refractivity contribution in [1.82, 2.24) is 9.13 Å². The zero-order valence-electron chi connectivity index (χ0n) is 19.5. The standard InChI is InChI=1S/C24H14N4O10/c1-37-11-3-5-17(27(33)34)19(7-11)25-21(29)13-9-15-16(10-14(13)22(25)30)24(32)26(23(15)31)20-8-12(38-2)4-6-18(20)28(35)36/h3-10H,1-2H3. The highest BCUT2D eigenvalue weighted by atomic mass is 16.6.